The Morgan fingerprint density at radius 2 is 2.00 bits per heavy atom. The standard InChI is InChI=1S/C23H30N2O3/c1-14-7-9-20-17(11-14)18-12-16(8-10-21(18)24-20)23(27)28-13-22(26)25-19-6-4-3-5-15(19)2/h8,10,12,14-15,19,24H,3-7,9,11,13H2,1-2H3,(H,25,26)/t14-,15+,19-/m1/s1. The van der Waals surface area contributed by atoms with Crippen LogP contribution in [-0.2, 0) is 22.4 Å². The quantitative estimate of drug-likeness (QED) is 0.781. The van der Waals surface area contributed by atoms with Gasteiger partial charge in [0.2, 0.25) is 0 Å². The number of hydrogen-bond donors (Lipinski definition) is 2. The highest BCUT2D eigenvalue weighted by Gasteiger charge is 2.24. The summed E-state index contributed by atoms with van der Waals surface area (Å²) >= 11 is 0. The molecule has 1 amide bonds. The number of fused-ring (bicyclic) bond motifs is 3. The van der Waals surface area contributed by atoms with Crippen LogP contribution in [0.25, 0.3) is 10.9 Å². The lowest BCUT2D eigenvalue weighted by Gasteiger charge is -2.29. The molecule has 0 spiro atoms. The van der Waals surface area contributed by atoms with Gasteiger partial charge in [0.25, 0.3) is 5.91 Å². The van der Waals surface area contributed by atoms with Crippen LogP contribution < -0.4 is 5.32 Å². The van der Waals surface area contributed by atoms with Crippen molar-refractivity contribution in [2.24, 2.45) is 11.8 Å². The molecule has 0 aliphatic heterocycles. The van der Waals surface area contributed by atoms with Gasteiger partial charge in [-0.2, -0.15) is 0 Å². The van der Waals surface area contributed by atoms with Crippen LogP contribution in [0.3, 0.4) is 0 Å². The Labute approximate surface area is 166 Å². The molecule has 1 fully saturated rings. The van der Waals surface area contributed by atoms with Gasteiger partial charge < -0.3 is 15.0 Å². The maximum absolute atomic E-state index is 12.5. The average Bonchev–Trinajstić information content (AvgIpc) is 3.05. The summed E-state index contributed by atoms with van der Waals surface area (Å²) in [5, 5.41) is 4.13. The molecular weight excluding hydrogens is 352 g/mol. The third-order valence-electron chi connectivity index (χ3n) is 6.46. The Morgan fingerprint density at radius 3 is 2.82 bits per heavy atom. The van der Waals surface area contributed by atoms with Crippen molar-refractivity contribution < 1.29 is 14.3 Å². The maximum Gasteiger partial charge on any atom is 0.338 e. The molecule has 28 heavy (non-hydrogen) atoms. The van der Waals surface area contributed by atoms with Crippen molar-refractivity contribution in [1.82, 2.24) is 10.3 Å². The molecule has 0 saturated heterocycles. The predicted molar refractivity (Wildman–Crippen MR) is 109 cm³/mol. The monoisotopic (exact) mass is 382 g/mol. The first-order chi connectivity index (χ1) is 13.5. The van der Waals surface area contributed by atoms with Crippen molar-refractivity contribution in [3.05, 3.63) is 35.0 Å². The highest BCUT2D eigenvalue weighted by Crippen LogP contribution is 2.32. The van der Waals surface area contributed by atoms with Crippen LogP contribution in [-0.4, -0.2) is 29.5 Å². The lowest BCUT2D eigenvalue weighted by molar-refractivity contribution is -0.125. The second kappa shape index (κ2) is 7.98. The van der Waals surface area contributed by atoms with Gasteiger partial charge in [-0.1, -0.05) is 26.7 Å². The van der Waals surface area contributed by atoms with Gasteiger partial charge in [-0.15, -0.1) is 0 Å². The number of hydrogen-bond acceptors (Lipinski definition) is 3. The number of carbonyl (C=O) groups excluding carboxylic acids is 2. The van der Waals surface area contributed by atoms with Crippen LogP contribution in [0.2, 0.25) is 0 Å². The van der Waals surface area contributed by atoms with E-state index in [1.165, 1.54) is 24.1 Å². The number of esters is 1. The first-order valence-electron chi connectivity index (χ1n) is 10.6. The lowest BCUT2D eigenvalue weighted by Crippen LogP contribution is -2.42. The number of aromatic amines is 1. The first-order valence-corrected chi connectivity index (χ1v) is 10.6. The van der Waals surface area contributed by atoms with Gasteiger partial charge in [-0.25, -0.2) is 4.79 Å². The van der Waals surface area contributed by atoms with E-state index in [2.05, 4.69) is 24.1 Å². The van der Waals surface area contributed by atoms with E-state index in [1.807, 2.05) is 12.1 Å². The number of carbonyl (C=O) groups is 2. The third kappa shape index (κ3) is 3.94. The Hall–Kier alpha value is -2.30. The molecule has 1 aromatic heterocycles. The van der Waals surface area contributed by atoms with E-state index in [9.17, 15) is 9.59 Å². The van der Waals surface area contributed by atoms with Gasteiger partial charge in [-0.05, 0) is 67.7 Å². The van der Waals surface area contributed by atoms with Gasteiger partial charge in [0, 0.05) is 22.6 Å². The molecule has 0 unspecified atom stereocenters. The van der Waals surface area contributed by atoms with Gasteiger partial charge in [0.05, 0.1) is 5.56 Å². The summed E-state index contributed by atoms with van der Waals surface area (Å²) in [6, 6.07) is 5.83. The number of amides is 1. The highest BCUT2D eigenvalue weighted by atomic mass is 16.5. The van der Waals surface area contributed by atoms with Gasteiger partial charge in [0.15, 0.2) is 6.61 Å². The van der Waals surface area contributed by atoms with Gasteiger partial charge >= 0.3 is 5.97 Å². The summed E-state index contributed by atoms with van der Waals surface area (Å²) in [5.74, 6) is 0.500. The fraction of sp³-hybridized carbons (Fsp3) is 0.565. The molecule has 2 aliphatic rings. The maximum atomic E-state index is 12.5. The molecule has 3 atom stereocenters. The minimum atomic E-state index is -0.437. The topological polar surface area (TPSA) is 71.2 Å². The van der Waals surface area contributed by atoms with Crippen molar-refractivity contribution in [2.75, 3.05) is 6.61 Å². The zero-order chi connectivity index (χ0) is 19.7. The summed E-state index contributed by atoms with van der Waals surface area (Å²) in [6.07, 6.45) is 7.82. The number of aryl methyl sites for hydroxylation is 1. The summed E-state index contributed by atoms with van der Waals surface area (Å²) in [5.41, 5.74) is 4.19. The van der Waals surface area contributed by atoms with Crippen LogP contribution in [0.15, 0.2) is 18.2 Å². The fourth-order valence-corrected chi connectivity index (χ4v) is 4.71. The SMILES string of the molecule is C[C@@H]1CCc2[nH]c3ccc(C(=O)OCC(=O)N[C@@H]4CCCC[C@@H]4C)cc3c2C1. The molecule has 2 aliphatic carbocycles. The Morgan fingerprint density at radius 1 is 1.18 bits per heavy atom. The van der Waals surface area contributed by atoms with E-state index in [4.69, 9.17) is 4.74 Å². The van der Waals surface area contributed by atoms with E-state index in [-0.39, 0.29) is 18.6 Å². The Balaban J connectivity index is 1.40. The zero-order valence-electron chi connectivity index (χ0n) is 16.8. The number of benzene rings is 1. The van der Waals surface area contributed by atoms with Crippen LogP contribution in [0.5, 0.6) is 0 Å². The normalized spacial score (nSPS) is 24.6. The minimum absolute atomic E-state index is 0.199. The summed E-state index contributed by atoms with van der Waals surface area (Å²) < 4.78 is 5.30. The van der Waals surface area contributed by atoms with Crippen molar-refractivity contribution >= 4 is 22.8 Å². The van der Waals surface area contributed by atoms with Crippen molar-refractivity contribution in [3.63, 3.8) is 0 Å². The number of ether oxygens (including phenoxy) is 1. The molecule has 0 radical (unpaired) electrons. The average molecular weight is 383 g/mol. The van der Waals surface area contributed by atoms with E-state index < -0.39 is 5.97 Å². The molecule has 2 N–H and O–H groups in total. The van der Waals surface area contributed by atoms with Crippen molar-refractivity contribution in [1.29, 1.82) is 0 Å². The summed E-state index contributed by atoms with van der Waals surface area (Å²) in [6.45, 7) is 4.22. The smallest absolute Gasteiger partial charge is 0.338 e. The number of H-pyrrole nitrogens is 1. The van der Waals surface area contributed by atoms with Crippen LogP contribution in [0, 0.1) is 11.8 Å². The highest BCUT2D eigenvalue weighted by molar-refractivity contribution is 5.97. The number of aromatic nitrogens is 1. The van der Waals surface area contributed by atoms with Gasteiger partial charge in [0.1, 0.15) is 0 Å². The zero-order valence-corrected chi connectivity index (χ0v) is 16.8. The molecule has 2 aromatic rings. The Kier molecular flexibility index (Phi) is 5.42. The molecule has 0 bridgehead atoms. The van der Waals surface area contributed by atoms with Crippen molar-refractivity contribution in [2.45, 2.75) is 64.8 Å². The van der Waals surface area contributed by atoms with E-state index in [1.54, 1.807) is 6.07 Å². The molecule has 1 heterocycles. The molecule has 4 rings (SSSR count). The largest absolute Gasteiger partial charge is 0.452 e. The fourth-order valence-electron chi connectivity index (χ4n) is 4.71. The van der Waals surface area contributed by atoms with Crippen LogP contribution in [0.4, 0.5) is 0 Å². The van der Waals surface area contributed by atoms with E-state index in [0.717, 1.165) is 43.0 Å². The molecule has 5 nitrogen and oxygen atoms in total. The molecule has 150 valence electrons. The number of nitrogens with one attached hydrogen (secondary N) is 2. The Bertz CT molecular complexity index is 885. The van der Waals surface area contributed by atoms with Crippen molar-refractivity contribution in [3.8, 4) is 0 Å². The molecule has 1 aromatic carbocycles. The number of rotatable bonds is 4. The van der Waals surface area contributed by atoms with E-state index >= 15 is 0 Å². The second-order valence-corrected chi connectivity index (χ2v) is 8.70. The summed E-state index contributed by atoms with van der Waals surface area (Å²) in [7, 11) is 0. The first kappa shape index (κ1) is 19.0. The predicted octanol–water partition coefficient (Wildman–Crippen LogP) is 4.14. The second-order valence-electron chi connectivity index (χ2n) is 8.70. The molecule has 5 heteroatoms. The third-order valence-corrected chi connectivity index (χ3v) is 6.46. The van der Waals surface area contributed by atoms with Crippen LogP contribution in [0.1, 0.15) is 67.6 Å². The lowest BCUT2D eigenvalue weighted by atomic mass is 9.86. The molecular formula is C23H30N2O3. The molecule has 1 saturated carbocycles. The van der Waals surface area contributed by atoms with Crippen LogP contribution >= 0.6 is 0 Å². The summed E-state index contributed by atoms with van der Waals surface area (Å²) in [4.78, 5) is 28.2. The van der Waals surface area contributed by atoms with E-state index in [0.29, 0.717) is 17.4 Å². The minimum Gasteiger partial charge on any atom is -0.452 e. The van der Waals surface area contributed by atoms with Gasteiger partial charge in [-0.3, -0.25) is 4.79 Å².